The molecule has 3 heteroatoms. The quantitative estimate of drug-likeness (QED) is 0.771. The number of benzene rings is 2. The molecule has 0 fully saturated rings. The summed E-state index contributed by atoms with van der Waals surface area (Å²) in [7, 11) is 4.11. The van der Waals surface area contributed by atoms with Gasteiger partial charge in [-0.15, -0.1) is 0 Å². The van der Waals surface area contributed by atoms with E-state index in [2.05, 4.69) is 43.3 Å². The topological polar surface area (TPSA) is 49.5 Å². The van der Waals surface area contributed by atoms with Crippen molar-refractivity contribution in [2.75, 3.05) is 26.4 Å². The van der Waals surface area contributed by atoms with Crippen molar-refractivity contribution in [3.8, 4) is 0 Å². The van der Waals surface area contributed by atoms with Gasteiger partial charge in [-0.05, 0) is 50.2 Å². The molecule has 0 bridgehead atoms. The van der Waals surface area contributed by atoms with Gasteiger partial charge in [-0.3, -0.25) is 0 Å². The first-order chi connectivity index (χ1) is 11.0. The Labute approximate surface area is 139 Å². The van der Waals surface area contributed by atoms with Gasteiger partial charge in [-0.2, -0.15) is 0 Å². The molecule has 3 nitrogen and oxygen atoms in total. The van der Waals surface area contributed by atoms with Crippen molar-refractivity contribution in [3.05, 3.63) is 65.7 Å². The maximum atomic E-state index is 11.5. The van der Waals surface area contributed by atoms with Gasteiger partial charge in [0, 0.05) is 18.2 Å². The number of nitrogen functional groups attached to an aromatic ring is 1. The summed E-state index contributed by atoms with van der Waals surface area (Å²) in [5.41, 5.74) is 7.85. The van der Waals surface area contributed by atoms with E-state index in [1.54, 1.807) is 0 Å². The summed E-state index contributed by atoms with van der Waals surface area (Å²) in [5, 5.41) is 11.5. The highest BCUT2D eigenvalue weighted by Gasteiger charge is 2.37. The van der Waals surface area contributed by atoms with Crippen LogP contribution in [0.4, 0.5) is 5.69 Å². The van der Waals surface area contributed by atoms with Crippen molar-refractivity contribution in [3.63, 3.8) is 0 Å². The molecule has 0 amide bonds. The third kappa shape index (κ3) is 4.34. The Bertz CT molecular complexity index is 595. The number of hydrogen-bond acceptors (Lipinski definition) is 3. The van der Waals surface area contributed by atoms with Crippen LogP contribution in [0.2, 0.25) is 0 Å². The van der Waals surface area contributed by atoms with Crippen molar-refractivity contribution < 1.29 is 5.11 Å². The molecule has 0 radical (unpaired) electrons. The van der Waals surface area contributed by atoms with E-state index in [0.29, 0.717) is 6.42 Å². The van der Waals surface area contributed by atoms with E-state index in [4.69, 9.17) is 5.73 Å². The van der Waals surface area contributed by atoms with E-state index in [1.165, 1.54) is 5.56 Å². The Morgan fingerprint density at radius 1 is 1.04 bits per heavy atom. The lowest BCUT2D eigenvalue weighted by Gasteiger charge is -2.38. The normalized spacial score (nSPS) is 15.3. The van der Waals surface area contributed by atoms with E-state index in [9.17, 15) is 5.11 Å². The van der Waals surface area contributed by atoms with Gasteiger partial charge < -0.3 is 15.7 Å². The van der Waals surface area contributed by atoms with Gasteiger partial charge in [0.05, 0.1) is 5.60 Å². The molecule has 0 spiro atoms. The number of hydrogen-bond donors (Lipinski definition) is 2. The van der Waals surface area contributed by atoms with Crippen LogP contribution >= 0.6 is 0 Å². The van der Waals surface area contributed by atoms with Crippen LogP contribution in [0.25, 0.3) is 0 Å². The molecule has 0 aromatic heterocycles. The minimum Gasteiger partial charge on any atom is -0.399 e. The molecular formula is C20H28N2O. The zero-order chi connectivity index (χ0) is 16.9. The fourth-order valence-electron chi connectivity index (χ4n) is 3.22. The van der Waals surface area contributed by atoms with Crippen molar-refractivity contribution in [1.82, 2.24) is 4.90 Å². The van der Waals surface area contributed by atoms with Crippen LogP contribution in [0.5, 0.6) is 0 Å². The van der Waals surface area contributed by atoms with Crippen LogP contribution in [0, 0.1) is 5.92 Å². The predicted octanol–water partition coefficient (Wildman–Crippen LogP) is 3.29. The molecule has 23 heavy (non-hydrogen) atoms. The van der Waals surface area contributed by atoms with E-state index < -0.39 is 5.60 Å². The van der Waals surface area contributed by atoms with Gasteiger partial charge in [0.15, 0.2) is 0 Å². The van der Waals surface area contributed by atoms with Gasteiger partial charge in [0.2, 0.25) is 0 Å². The molecule has 0 saturated carbocycles. The first kappa shape index (κ1) is 17.5. The zero-order valence-corrected chi connectivity index (χ0v) is 14.4. The molecule has 2 atom stereocenters. The second-order valence-corrected chi connectivity index (χ2v) is 6.55. The number of anilines is 1. The van der Waals surface area contributed by atoms with E-state index >= 15 is 0 Å². The summed E-state index contributed by atoms with van der Waals surface area (Å²) in [6, 6.07) is 18.0. The lowest BCUT2D eigenvalue weighted by Crippen LogP contribution is -2.41. The highest BCUT2D eigenvalue weighted by molar-refractivity contribution is 5.41. The van der Waals surface area contributed by atoms with Crippen molar-refractivity contribution in [2.24, 2.45) is 5.92 Å². The molecule has 2 aromatic rings. The summed E-state index contributed by atoms with van der Waals surface area (Å²) in [6.07, 6.45) is 1.51. The van der Waals surface area contributed by atoms with Crippen LogP contribution in [-0.4, -0.2) is 30.6 Å². The van der Waals surface area contributed by atoms with E-state index in [1.807, 2.05) is 37.3 Å². The first-order valence-corrected chi connectivity index (χ1v) is 8.22. The smallest absolute Gasteiger partial charge is 0.0937 e. The first-order valence-electron chi connectivity index (χ1n) is 8.22. The molecule has 3 N–H and O–H groups in total. The van der Waals surface area contributed by atoms with Gasteiger partial charge in [0.25, 0.3) is 0 Å². The average Bonchev–Trinajstić information content (AvgIpc) is 2.55. The summed E-state index contributed by atoms with van der Waals surface area (Å²) in [6.45, 7) is 2.87. The van der Waals surface area contributed by atoms with Gasteiger partial charge in [0.1, 0.15) is 0 Å². The van der Waals surface area contributed by atoms with Crippen LogP contribution < -0.4 is 5.73 Å². The van der Waals surface area contributed by atoms with E-state index in [-0.39, 0.29) is 5.92 Å². The highest BCUT2D eigenvalue weighted by Crippen LogP contribution is 2.36. The third-order valence-electron chi connectivity index (χ3n) is 4.54. The SMILES string of the molecule is CCC(O)(c1ccc(N)cc1)C(Cc1ccccc1)CN(C)C. The molecule has 2 rings (SSSR count). The molecule has 124 valence electrons. The Morgan fingerprint density at radius 3 is 2.17 bits per heavy atom. The summed E-state index contributed by atoms with van der Waals surface area (Å²) in [4.78, 5) is 2.14. The molecule has 0 heterocycles. The number of rotatable bonds is 7. The van der Waals surface area contributed by atoms with Crippen LogP contribution in [-0.2, 0) is 12.0 Å². The maximum absolute atomic E-state index is 11.5. The molecule has 0 aliphatic heterocycles. The number of aliphatic hydroxyl groups is 1. The summed E-state index contributed by atoms with van der Waals surface area (Å²) >= 11 is 0. The second-order valence-electron chi connectivity index (χ2n) is 6.55. The predicted molar refractivity (Wildman–Crippen MR) is 97.2 cm³/mol. The van der Waals surface area contributed by atoms with Gasteiger partial charge in [-0.25, -0.2) is 0 Å². The largest absolute Gasteiger partial charge is 0.399 e. The van der Waals surface area contributed by atoms with Gasteiger partial charge >= 0.3 is 0 Å². The van der Waals surface area contributed by atoms with Crippen LogP contribution in [0.1, 0.15) is 24.5 Å². The standard InChI is InChI=1S/C20H28N2O/c1-4-20(23,17-10-12-19(21)13-11-17)18(15-22(2)3)14-16-8-6-5-7-9-16/h5-13,18,23H,4,14-15,21H2,1-3H3. The lowest BCUT2D eigenvalue weighted by molar-refractivity contribution is -0.0366. The third-order valence-corrected chi connectivity index (χ3v) is 4.54. The van der Waals surface area contributed by atoms with Crippen LogP contribution in [0.3, 0.4) is 0 Å². The summed E-state index contributed by atoms with van der Waals surface area (Å²) < 4.78 is 0. The van der Waals surface area contributed by atoms with Crippen LogP contribution in [0.15, 0.2) is 54.6 Å². The minimum atomic E-state index is -0.867. The molecule has 2 aromatic carbocycles. The number of nitrogens with two attached hydrogens (primary N) is 1. The van der Waals surface area contributed by atoms with Crippen molar-refractivity contribution in [1.29, 1.82) is 0 Å². The molecule has 2 unspecified atom stereocenters. The minimum absolute atomic E-state index is 0.105. The Balaban J connectivity index is 2.35. The van der Waals surface area contributed by atoms with Crippen molar-refractivity contribution in [2.45, 2.75) is 25.4 Å². The average molecular weight is 312 g/mol. The second kappa shape index (κ2) is 7.62. The summed E-state index contributed by atoms with van der Waals surface area (Å²) in [5.74, 6) is 0.105. The highest BCUT2D eigenvalue weighted by atomic mass is 16.3. The molecule has 0 aliphatic rings. The monoisotopic (exact) mass is 312 g/mol. The fourth-order valence-corrected chi connectivity index (χ4v) is 3.22. The van der Waals surface area contributed by atoms with Crippen molar-refractivity contribution >= 4 is 5.69 Å². The molecule has 0 saturated heterocycles. The Hall–Kier alpha value is -1.84. The fraction of sp³-hybridized carbons (Fsp3) is 0.400. The number of nitrogens with zero attached hydrogens (tertiary/aromatic N) is 1. The van der Waals surface area contributed by atoms with Gasteiger partial charge in [-0.1, -0.05) is 49.4 Å². The Kier molecular flexibility index (Phi) is 5.80. The lowest BCUT2D eigenvalue weighted by atomic mass is 9.76. The molecular weight excluding hydrogens is 284 g/mol. The molecule has 0 aliphatic carbocycles. The Morgan fingerprint density at radius 2 is 1.65 bits per heavy atom. The maximum Gasteiger partial charge on any atom is 0.0937 e. The van der Waals surface area contributed by atoms with E-state index in [0.717, 1.165) is 24.2 Å². The zero-order valence-electron chi connectivity index (χ0n) is 14.4.